The molecule has 1 fully saturated rings. The number of guanidine groups is 1. The van der Waals surface area contributed by atoms with E-state index in [4.69, 9.17) is 11.1 Å². The lowest BCUT2D eigenvalue weighted by molar-refractivity contribution is -0.178. The lowest BCUT2D eigenvalue weighted by atomic mass is 9.83. The number of amides is 2. The molecular formula is C11H18N4O4. The van der Waals surface area contributed by atoms with Crippen LogP contribution in [0, 0.1) is 11.3 Å². The molecule has 0 aromatic carbocycles. The van der Waals surface area contributed by atoms with Crippen molar-refractivity contribution in [2.45, 2.75) is 25.8 Å². The molecule has 1 saturated heterocycles. The van der Waals surface area contributed by atoms with Crippen LogP contribution in [0.3, 0.4) is 0 Å². The maximum absolute atomic E-state index is 11.8. The van der Waals surface area contributed by atoms with Gasteiger partial charge in [-0.1, -0.05) is 0 Å². The van der Waals surface area contributed by atoms with Gasteiger partial charge in [-0.3, -0.25) is 19.9 Å². The number of likely N-dealkylation sites (tertiary alicyclic amines) is 1. The summed E-state index contributed by atoms with van der Waals surface area (Å²) in [6.07, 6.45) is 0.998. The van der Waals surface area contributed by atoms with Crippen LogP contribution in [-0.2, 0) is 19.1 Å². The van der Waals surface area contributed by atoms with Gasteiger partial charge in [-0.15, -0.1) is 0 Å². The Morgan fingerprint density at radius 1 is 1.53 bits per heavy atom. The molecule has 8 heteroatoms. The van der Waals surface area contributed by atoms with Gasteiger partial charge in [0.1, 0.15) is 6.04 Å². The normalized spacial score (nSPS) is 21.6. The summed E-state index contributed by atoms with van der Waals surface area (Å²) in [5, 5.41) is 9.59. The fraction of sp³-hybridized carbons (Fsp3) is 0.636. The largest absolute Gasteiger partial charge is 0.467 e. The molecule has 4 N–H and O–H groups in total. The second-order valence-corrected chi connectivity index (χ2v) is 4.28. The highest BCUT2D eigenvalue weighted by atomic mass is 16.5. The summed E-state index contributed by atoms with van der Waals surface area (Å²) in [6, 6.07) is -0.827. The average Bonchev–Trinajstić information content (AvgIpc) is 2.33. The minimum atomic E-state index is -0.827. The molecule has 106 valence electrons. The topological polar surface area (TPSA) is 126 Å². The molecule has 0 bridgehead atoms. The van der Waals surface area contributed by atoms with Gasteiger partial charge in [-0.2, -0.15) is 0 Å². The molecule has 0 aromatic heterocycles. The molecule has 0 radical (unpaired) electrons. The Bertz CT molecular complexity index is 409. The number of methoxy groups -OCH3 is 1. The summed E-state index contributed by atoms with van der Waals surface area (Å²) in [5.41, 5.74) is 5.12. The van der Waals surface area contributed by atoms with Gasteiger partial charge in [0, 0.05) is 13.5 Å². The number of carbonyl (C=O) groups excluding carboxylic acids is 3. The zero-order valence-corrected chi connectivity index (χ0v) is 10.9. The van der Waals surface area contributed by atoms with Crippen LogP contribution in [0.15, 0.2) is 0 Å². The molecule has 0 unspecified atom stereocenters. The third-order valence-electron chi connectivity index (χ3n) is 3.00. The molecule has 1 aliphatic heterocycles. The first-order valence-corrected chi connectivity index (χ1v) is 5.89. The van der Waals surface area contributed by atoms with Crippen LogP contribution < -0.4 is 11.1 Å². The van der Waals surface area contributed by atoms with Crippen LogP contribution in [0.5, 0.6) is 0 Å². The van der Waals surface area contributed by atoms with Gasteiger partial charge in [0.05, 0.1) is 13.0 Å². The van der Waals surface area contributed by atoms with Crippen molar-refractivity contribution in [3.05, 3.63) is 0 Å². The Morgan fingerprint density at radius 2 is 2.16 bits per heavy atom. The van der Waals surface area contributed by atoms with Crippen molar-refractivity contribution in [1.82, 2.24) is 10.2 Å². The number of hydrogen-bond donors (Lipinski definition) is 3. The lowest BCUT2D eigenvalue weighted by Gasteiger charge is -2.43. The minimum Gasteiger partial charge on any atom is -0.467 e. The Kier molecular flexibility index (Phi) is 4.85. The standard InChI is InChI=1S/C11H18N4O4/c1-6(16)15-8(10(18)19-2)7(9(15)17)4-3-5-14-11(12)13/h7-8H,3-5H2,1-2H3,(H4,12,13,14)/t7-,8+/m1/s1. The number of esters is 1. The smallest absolute Gasteiger partial charge is 0.329 e. The molecule has 19 heavy (non-hydrogen) atoms. The van der Waals surface area contributed by atoms with Crippen molar-refractivity contribution in [3.8, 4) is 0 Å². The predicted octanol–water partition coefficient (Wildman–Crippen LogP) is -1.20. The van der Waals surface area contributed by atoms with E-state index in [0.29, 0.717) is 19.4 Å². The van der Waals surface area contributed by atoms with Gasteiger partial charge in [0.15, 0.2) is 5.96 Å². The summed E-state index contributed by atoms with van der Waals surface area (Å²) < 4.78 is 4.60. The number of carbonyl (C=O) groups is 3. The molecule has 8 nitrogen and oxygen atoms in total. The highest BCUT2D eigenvalue weighted by Gasteiger charge is 2.53. The lowest BCUT2D eigenvalue weighted by Crippen LogP contribution is -2.66. The van der Waals surface area contributed by atoms with E-state index in [1.807, 2.05) is 0 Å². The van der Waals surface area contributed by atoms with Crippen molar-refractivity contribution >= 4 is 23.7 Å². The predicted molar refractivity (Wildman–Crippen MR) is 66.0 cm³/mol. The molecular weight excluding hydrogens is 252 g/mol. The number of β-lactam (4-membered cyclic amide) rings is 1. The second kappa shape index (κ2) is 6.17. The number of nitrogens with two attached hydrogens (primary N) is 1. The van der Waals surface area contributed by atoms with E-state index in [1.54, 1.807) is 0 Å². The summed E-state index contributed by atoms with van der Waals surface area (Å²) in [5.74, 6) is -2.08. The Hall–Kier alpha value is -2.12. The van der Waals surface area contributed by atoms with Gasteiger partial charge < -0.3 is 15.8 Å². The van der Waals surface area contributed by atoms with Crippen LogP contribution >= 0.6 is 0 Å². The van der Waals surface area contributed by atoms with Gasteiger partial charge in [-0.05, 0) is 12.8 Å². The van der Waals surface area contributed by atoms with Crippen molar-refractivity contribution in [2.75, 3.05) is 13.7 Å². The number of imide groups is 1. The zero-order valence-electron chi connectivity index (χ0n) is 10.9. The molecule has 1 rings (SSSR count). The highest BCUT2D eigenvalue weighted by molar-refractivity contribution is 6.07. The van der Waals surface area contributed by atoms with Gasteiger partial charge >= 0.3 is 5.97 Å². The van der Waals surface area contributed by atoms with Crippen LogP contribution in [0.2, 0.25) is 0 Å². The number of nitrogens with zero attached hydrogens (tertiary/aromatic N) is 1. The third-order valence-corrected chi connectivity index (χ3v) is 3.00. The fourth-order valence-electron chi connectivity index (χ4n) is 2.12. The van der Waals surface area contributed by atoms with Crippen LogP contribution in [0.1, 0.15) is 19.8 Å². The summed E-state index contributed by atoms with van der Waals surface area (Å²) in [4.78, 5) is 35.5. The van der Waals surface area contributed by atoms with Crippen molar-refractivity contribution in [3.63, 3.8) is 0 Å². The SMILES string of the molecule is COC(=O)[C@@H]1[C@@H](CCCNC(=N)N)C(=O)N1C(C)=O. The molecule has 0 saturated carbocycles. The minimum absolute atomic E-state index is 0.144. The van der Waals surface area contributed by atoms with Crippen molar-refractivity contribution < 1.29 is 19.1 Å². The van der Waals surface area contributed by atoms with Crippen LogP contribution in [0.4, 0.5) is 0 Å². The van der Waals surface area contributed by atoms with Crippen molar-refractivity contribution in [1.29, 1.82) is 5.41 Å². The molecule has 1 aliphatic rings. The monoisotopic (exact) mass is 270 g/mol. The third kappa shape index (κ3) is 3.21. The summed E-state index contributed by atoms with van der Waals surface area (Å²) in [7, 11) is 1.22. The number of rotatable bonds is 5. The molecule has 0 spiro atoms. The number of nitrogens with one attached hydrogen (secondary N) is 2. The van der Waals surface area contributed by atoms with Gasteiger partial charge in [0.2, 0.25) is 11.8 Å². The molecule has 2 atom stereocenters. The molecule has 0 aliphatic carbocycles. The first-order valence-electron chi connectivity index (χ1n) is 5.89. The maximum atomic E-state index is 11.8. The van der Waals surface area contributed by atoms with E-state index in [-0.39, 0.29) is 11.9 Å². The Balaban J connectivity index is 2.56. The van der Waals surface area contributed by atoms with E-state index in [0.717, 1.165) is 4.90 Å². The van der Waals surface area contributed by atoms with E-state index in [2.05, 4.69) is 10.1 Å². The summed E-state index contributed by atoms with van der Waals surface area (Å²) >= 11 is 0. The number of ether oxygens (including phenoxy) is 1. The maximum Gasteiger partial charge on any atom is 0.329 e. The zero-order chi connectivity index (χ0) is 14.6. The van der Waals surface area contributed by atoms with Crippen LogP contribution in [0.25, 0.3) is 0 Å². The summed E-state index contributed by atoms with van der Waals surface area (Å²) in [6.45, 7) is 1.68. The quantitative estimate of drug-likeness (QED) is 0.189. The highest BCUT2D eigenvalue weighted by Crippen LogP contribution is 2.31. The molecule has 2 amide bonds. The van der Waals surface area contributed by atoms with Gasteiger partial charge in [0.25, 0.3) is 0 Å². The number of hydrogen-bond acceptors (Lipinski definition) is 5. The van der Waals surface area contributed by atoms with E-state index in [9.17, 15) is 14.4 Å². The van der Waals surface area contributed by atoms with E-state index in [1.165, 1.54) is 14.0 Å². The molecule has 0 aromatic rings. The van der Waals surface area contributed by atoms with E-state index >= 15 is 0 Å². The van der Waals surface area contributed by atoms with Gasteiger partial charge in [-0.25, -0.2) is 4.79 Å². The first-order chi connectivity index (χ1) is 8.90. The molecule has 1 heterocycles. The van der Waals surface area contributed by atoms with Crippen molar-refractivity contribution in [2.24, 2.45) is 11.7 Å². The fourth-order valence-corrected chi connectivity index (χ4v) is 2.12. The Morgan fingerprint density at radius 3 is 2.63 bits per heavy atom. The second-order valence-electron chi connectivity index (χ2n) is 4.28. The Labute approximate surface area is 110 Å². The first kappa shape index (κ1) is 14.9. The van der Waals surface area contributed by atoms with Crippen LogP contribution in [-0.4, -0.2) is 48.3 Å². The average molecular weight is 270 g/mol. The van der Waals surface area contributed by atoms with E-state index < -0.39 is 23.8 Å².